The van der Waals surface area contributed by atoms with E-state index in [2.05, 4.69) is 13.8 Å². The largest absolute Gasteiger partial charge is 3.00 e. The molecule has 0 aromatic heterocycles. The first-order valence-electron chi connectivity index (χ1n) is 3.44. The van der Waals surface area contributed by atoms with Crippen molar-refractivity contribution in [2.75, 3.05) is 0 Å². The van der Waals surface area contributed by atoms with Crippen LogP contribution < -0.4 is 0 Å². The minimum atomic E-state index is 0. The van der Waals surface area contributed by atoms with Crippen LogP contribution in [0.1, 0.15) is 27.7 Å². The molecule has 0 aromatic rings. The summed E-state index contributed by atoms with van der Waals surface area (Å²) in [6, 6.07) is 0. The van der Waals surface area contributed by atoms with Crippen LogP contribution in [0.3, 0.4) is 0 Å². The molecular formula is C9H19O2Tl+2. The van der Waals surface area contributed by atoms with Crippen molar-refractivity contribution in [1.82, 2.24) is 0 Å². The van der Waals surface area contributed by atoms with Gasteiger partial charge in [0, 0.05) is 13.8 Å². The van der Waals surface area contributed by atoms with Gasteiger partial charge in [-0.25, -0.2) is 0 Å². The number of hydrogen-bond acceptors (Lipinski definition) is 0. The summed E-state index contributed by atoms with van der Waals surface area (Å²) in [6.45, 7) is 13.0. The summed E-state index contributed by atoms with van der Waals surface area (Å²) in [5.41, 5.74) is 0. The van der Waals surface area contributed by atoms with Gasteiger partial charge in [-0.2, -0.15) is 20.3 Å². The van der Waals surface area contributed by atoms with Crippen LogP contribution in [0.15, 0.2) is 0 Å². The third-order valence-corrected chi connectivity index (χ3v) is 0.418. The summed E-state index contributed by atoms with van der Waals surface area (Å²) in [4.78, 5) is 16.8. The average molecular weight is 364 g/mol. The summed E-state index contributed by atoms with van der Waals surface area (Å²) in [7, 11) is 0. The van der Waals surface area contributed by atoms with Crippen molar-refractivity contribution in [3.63, 3.8) is 0 Å². The summed E-state index contributed by atoms with van der Waals surface area (Å²) in [6.07, 6.45) is 1.28. The second kappa shape index (κ2) is 22.5. The first-order chi connectivity index (χ1) is 5.13. The van der Waals surface area contributed by atoms with Crippen molar-refractivity contribution in [3.05, 3.63) is 20.3 Å². The van der Waals surface area contributed by atoms with Crippen LogP contribution in [0.2, 0.25) is 0 Å². The van der Waals surface area contributed by atoms with Crippen molar-refractivity contribution >= 4 is 38.9 Å². The molecule has 0 fully saturated rings. The molecule has 0 amide bonds. The van der Waals surface area contributed by atoms with Crippen molar-refractivity contribution in [1.29, 1.82) is 0 Å². The fraction of sp³-hybridized carbons (Fsp3) is 0.444. The van der Waals surface area contributed by atoms with Gasteiger partial charge in [0.25, 0.3) is 0 Å². The first-order valence-corrected chi connectivity index (χ1v) is 3.44. The van der Waals surface area contributed by atoms with Crippen LogP contribution >= 0.6 is 0 Å². The van der Waals surface area contributed by atoms with E-state index < -0.39 is 0 Å². The molecule has 0 spiro atoms. The number of rotatable bonds is 2. The molecule has 0 rings (SSSR count). The Bertz CT molecular complexity index is 88.7. The summed E-state index contributed by atoms with van der Waals surface area (Å²) in [5.74, 6) is 0.250. The van der Waals surface area contributed by atoms with Gasteiger partial charge in [0.15, 0.2) is 11.6 Å². The van der Waals surface area contributed by atoms with E-state index in [1.807, 2.05) is 0 Å². The maximum atomic E-state index is 8.40. The maximum Gasteiger partial charge on any atom is 3.00 e. The minimum absolute atomic E-state index is 0. The van der Waals surface area contributed by atoms with Gasteiger partial charge < -0.3 is 23.4 Å². The average Bonchev–Trinajstić information content (AvgIpc) is 1.93. The van der Waals surface area contributed by atoms with Crippen LogP contribution in [0.5, 0.6) is 0 Å². The Hall–Kier alpha value is 0.132. The van der Waals surface area contributed by atoms with Gasteiger partial charge >= 0.3 is 27.3 Å². The van der Waals surface area contributed by atoms with E-state index in [4.69, 9.17) is 9.59 Å². The van der Waals surface area contributed by atoms with Crippen LogP contribution in [0, 0.1) is 20.3 Å². The topological polar surface area (TPSA) is 42.8 Å². The number of hydrogen-bond donors (Lipinski definition) is 0. The molecule has 0 unspecified atom stereocenters. The molecule has 0 radical (unpaired) electrons. The Labute approximate surface area is 96.3 Å². The molecule has 12 heavy (non-hydrogen) atoms. The molecule has 0 saturated heterocycles. The number of ketones is 2. The fourth-order valence-electron chi connectivity index (χ4n) is 0.302. The van der Waals surface area contributed by atoms with E-state index in [0.717, 1.165) is 0 Å². The monoisotopic (exact) mass is 364 g/mol. The molecule has 0 aromatic carbocycles. The predicted octanol–water partition coefficient (Wildman–Crippen LogP) is 1.62. The Morgan fingerprint density at radius 3 is 1.08 bits per heavy atom. The Balaban J connectivity index is -0.0000000560. The summed E-state index contributed by atoms with van der Waals surface area (Å²) in [5, 5.41) is 0. The summed E-state index contributed by atoms with van der Waals surface area (Å²) < 4.78 is 0. The third kappa shape index (κ3) is 49.5. The molecule has 0 aliphatic heterocycles. The van der Waals surface area contributed by atoms with E-state index in [-0.39, 0.29) is 38.9 Å². The second-order valence-corrected chi connectivity index (χ2v) is 1.43. The molecule has 0 saturated carbocycles. The van der Waals surface area contributed by atoms with E-state index in [1.165, 1.54) is 20.3 Å². The van der Waals surface area contributed by atoms with Gasteiger partial charge in [-0.15, -0.1) is 0 Å². The predicted molar refractivity (Wildman–Crippen MR) is 57.3 cm³/mol. The number of carbonyl (C=O) groups excluding carboxylic acids is 2. The third-order valence-electron chi connectivity index (χ3n) is 0.418. The van der Waals surface area contributed by atoms with Gasteiger partial charge in [0.05, 0.1) is 0 Å². The van der Waals surface area contributed by atoms with Crippen LogP contribution in [0.4, 0.5) is 0 Å². The van der Waals surface area contributed by atoms with Crippen molar-refractivity contribution in [2.24, 2.45) is 0 Å². The normalized spacial score (nSPS) is 5.50. The van der Waals surface area contributed by atoms with Crippen molar-refractivity contribution < 1.29 is 9.59 Å². The molecule has 0 aliphatic carbocycles. The molecule has 2 nitrogen and oxygen atoms in total. The Kier molecular flexibility index (Phi) is 42.6. The maximum absolute atomic E-state index is 8.40. The van der Waals surface area contributed by atoms with E-state index in [0.29, 0.717) is 0 Å². The van der Waals surface area contributed by atoms with E-state index in [9.17, 15) is 0 Å². The second-order valence-electron chi connectivity index (χ2n) is 1.43. The quantitative estimate of drug-likeness (QED) is 0.310. The zero-order valence-corrected chi connectivity index (χ0v) is 13.0. The van der Waals surface area contributed by atoms with Crippen LogP contribution in [-0.2, 0) is 0 Å². The standard InChI is InChI=1S/C5H7O2.2C2H5.Tl/c1-4(6)3-5(2)7;2*1-2;/h3H,1-2H3;2*1H2,2H3;/q3*-1;+3/p+2. The van der Waals surface area contributed by atoms with Crippen molar-refractivity contribution in [2.45, 2.75) is 27.7 Å². The summed E-state index contributed by atoms with van der Waals surface area (Å²) >= 11 is 0. The van der Waals surface area contributed by atoms with Gasteiger partial charge in [0.2, 0.25) is 0 Å². The van der Waals surface area contributed by atoms with Crippen molar-refractivity contribution in [3.8, 4) is 0 Å². The van der Waals surface area contributed by atoms with Gasteiger partial charge in [-0.3, -0.25) is 0 Å². The molecule has 3 heteroatoms. The molecule has 0 atom stereocenters. The Morgan fingerprint density at radius 1 is 0.917 bits per heavy atom. The van der Waals surface area contributed by atoms with E-state index >= 15 is 0 Å². The Morgan fingerprint density at radius 2 is 1.08 bits per heavy atom. The molecule has 0 bridgehead atoms. The molecule has 2 N–H and O–H groups in total. The minimum Gasteiger partial charge on any atom is -0.346 e. The molecule has 68 valence electrons. The molecule has 0 aliphatic rings. The van der Waals surface area contributed by atoms with Crippen LogP contribution in [-0.4, -0.2) is 48.5 Å². The SMILES string of the molecule is CC(=[OH+])[CH-]C(C)=[OH+].[CH2-]C.[CH2-]C.[Tl+3]. The smallest absolute Gasteiger partial charge is 0.346 e. The zero-order valence-electron chi connectivity index (χ0n) is 8.46. The van der Waals surface area contributed by atoms with Crippen LogP contribution in [0.25, 0.3) is 0 Å². The fourth-order valence-corrected chi connectivity index (χ4v) is 0.302. The molecule has 0 heterocycles. The van der Waals surface area contributed by atoms with Gasteiger partial charge in [-0.05, 0) is 0 Å². The zero-order chi connectivity index (χ0) is 9.86. The first kappa shape index (κ1) is 22.7. The van der Waals surface area contributed by atoms with E-state index in [1.54, 1.807) is 13.8 Å². The molecular weight excluding hydrogens is 344 g/mol. The van der Waals surface area contributed by atoms with Gasteiger partial charge in [0.1, 0.15) is 0 Å². The van der Waals surface area contributed by atoms with Gasteiger partial charge in [-0.1, -0.05) is 0 Å².